The molecule has 3 amide bonds. The summed E-state index contributed by atoms with van der Waals surface area (Å²) in [5, 5.41) is 8.83. The molecule has 1 heterocycles. The van der Waals surface area contributed by atoms with Crippen LogP contribution in [0.1, 0.15) is 6.42 Å². The Morgan fingerprint density at radius 1 is 1.30 bits per heavy atom. The van der Waals surface area contributed by atoms with Gasteiger partial charge in [-0.05, 0) is 6.42 Å². The maximum Gasteiger partial charge on any atom is 0.323 e. The second kappa shape index (κ2) is 6.07. The van der Waals surface area contributed by atoms with E-state index in [9.17, 15) is 22.8 Å². The fraction of sp³-hybridized carbons (Fsp3) is 0.700. The third-order valence-corrected chi connectivity index (χ3v) is 4.67. The zero-order valence-electron chi connectivity index (χ0n) is 11.0. The lowest BCUT2D eigenvalue weighted by molar-refractivity contribution is -0.138. The number of carboxylic acids is 1. The molecular formula is C10H17N3O6S. The first kappa shape index (κ1) is 16.2. The van der Waals surface area contributed by atoms with Crippen molar-refractivity contribution in [2.75, 3.05) is 31.6 Å². The maximum atomic E-state index is 12.1. The van der Waals surface area contributed by atoms with E-state index in [0.717, 1.165) is 9.80 Å². The first-order valence-corrected chi connectivity index (χ1v) is 7.67. The van der Waals surface area contributed by atoms with Gasteiger partial charge in [0.1, 0.15) is 13.1 Å². The van der Waals surface area contributed by atoms with Gasteiger partial charge in [-0.15, -0.1) is 0 Å². The van der Waals surface area contributed by atoms with Crippen LogP contribution in [0.4, 0.5) is 4.79 Å². The molecule has 20 heavy (non-hydrogen) atoms. The zero-order chi connectivity index (χ0) is 15.5. The Labute approximate surface area is 116 Å². The minimum Gasteiger partial charge on any atom is -0.480 e. The quantitative estimate of drug-likeness (QED) is 0.608. The predicted molar refractivity (Wildman–Crippen MR) is 68.6 cm³/mol. The molecule has 1 aliphatic heterocycles. The lowest BCUT2D eigenvalue weighted by Gasteiger charge is -2.30. The number of urea groups is 1. The van der Waals surface area contributed by atoms with Crippen molar-refractivity contribution in [3.8, 4) is 0 Å². The van der Waals surface area contributed by atoms with Crippen molar-refractivity contribution < 1.29 is 27.9 Å². The van der Waals surface area contributed by atoms with Gasteiger partial charge < -0.3 is 20.6 Å². The number of primary amides is 1. The summed E-state index contributed by atoms with van der Waals surface area (Å²) in [7, 11) is -1.96. The average Bonchev–Trinajstić information content (AvgIpc) is 2.64. The Bertz CT molecular complexity index is 517. The molecule has 1 saturated heterocycles. The minimum atomic E-state index is -3.26. The van der Waals surface area contributed by atoms with Crippen molar-refractivity contribution in [2.45, 2.75) is 12.5 Å². The van der Waals surface area contributed by atoms with Crippen LogP contribution in [0.15, 0.2) is 0 Å². The third kappa shape index (κ3) is 4.37. The maximum absolute atomic E-state index is 12.1. The summed E-state index contributed by atoms with van der Waals surface area (Å²) in [6, 6.07) is -1.42. The largest absolute Gasteiger partial charge is 0.480 e. The van der Waals surface area contributed by atoms with E-state index < -0.39 is 40.3 Å². The minimum absolute atomic E-state index is 0.0827. The molecule has 1 atom stereocenters. The molecule has 0 bridgehead atoms. The van der Waals surface area contributed by atoms with Gasteiger partial charge in [0.25, 0.3) is 0 Å². The summed E-state index contributed by atoms with van der Waals surface area (Å²) < 4.78 is 22.9. The zero-order valence-corrected chi connectivity index (χ0v) is 11.8. The topological polar surface area (TPSA) is 138 Å². The number of amides is 3. The number of carboxylic acid groups (broad SMARTS) is 1. The Morgan fingerprint density at radius 2 is 1.90 bits per heavy atom. The summed E-state index contributed by atoms with van der Waals surface area (Å²) in [4.78, 5) is 35.6. The second-order valence-electron chi connectivity index (χ2n) is 4.68. The van der Waals surface area contributed by atoms with Crippen LogP contribution in [0.5, 0.6) is 0 Å². The van der Waals surface area contributed by atoms with Gasteiger partial charge in [-0.25, -0.2) is 13.2 Å². The fourth-order valence-electron chi connectivity index (χ4n) is 2.04. The van der Waals surface area contributed by atoms with Crippen molar-refractivity contribution in [2.24, 2.45) is 5.73 Å². The molecule has 0 spiro atoms. The lowest BCUT2D eigenvalue weighted by Crippen LogP contribution is -2.51. The summed E-state index contributed by atoms with van der Waals surface area (Å²) in [5.74, 6) is -2.35. The van der Waals surface area contributed by atoms with Crippen LogP contribution in [0.3, 0.4) is 0 Å². The van der Waals surface area contributed by atoms with E-state index in [-0.39, 0.29) is 24.5 Å². The van der Waals surface area contributed by atoms with E-state index in [4.69, 9.17) is 10.8 Å². The van der Waals surface area contributed by atoms with Gasteiger partial charge in [0.15, 0.2) is 9.84 Å². The molecule has 10 heteroatoms. The van der Waals surface area contributed by atoms with Gasteiger partial charge in [0.2, 0.25) is 5.91 Å². The number of aliphatic carboxylic acids is 1. The molecule has 0 saturated carbocycles. The van der Waals surface area contributed by atoms with E-state index in [0.29, 0.717) is 0 Å². The fourth-order valence-corrected chi connectivity index (χ4v) is 3.77. The summed E-state index contributed by atoms with van der Waals surface area (Å²) in [5.41, 5.74) is 4.97. The molecule has 1 rings (SSSR count). The SMILES string of the molecule is CN(CC(N)=O)C(=O)N(CC(=O)O)C1CCS(=O)(=O)C1. The molecule has 0 aromatic carbocycles. The monoisotopic (exact) mass is 307 g/mol. The first-order valence-electron chi connectivity index (χ1n) is 5.84. The summed E-state index contributed by atoms with van der Waals surface area (Å²) >= 11 is 0. The molecule has 0 aromatic rings. The molecular weight excluding hydrogens is 290 g/mol. The van der Waals surface area contributed by atoms with Crippen molar-refractivity contribution in [3.05, 3.63) is 0 Å². The van der Waals surface area contributed by atoms with Crippen LogP contribution in [-0.4, -0.2) is 78.9 Å². The molecule has 0 aliphatic carbocycles. The van der Waals surface area contributed by atoms with Gasteiger partial charge in [-0.1, -0.05) is 0 Å². The van der Waals surface area contributed by atoms with Crippen LogP contribution in [0, 0.1) is 0 Å². The number of nitrogens with zero attached hydrogens (tertiary/aromatic N) is 2. The van der Waals surface area contributed by atoms with Gasteiger partial charge in [0.05, 0.1) is 11.5 Å². The van der Waals surface area contributed by atoms with Crippen LogP contribution in [-0.2, 0) is 19.4 Å². The van der Waals surface area contributed by atoms with Crippen molar-refractivity contribution >= 4 is 27.7 Å². The number of carbonyl (C=O) groups excluding carboxylic acids is 2. The number of likely N-dealkylation sites (N-methyl/N-ethyl adjacent to an activating group) is 1. The molecule has 1 unspecified atom stereocenters. The van der Waals surface area contributed by atoms with Gasteiger partial charge >= 0.3 is 12.0 Å². The lowest BCUT2D eigenvalue weighted by atomic mass is 10.2. The number of carbonyl (C=O) groups is 3. The average molecular weight is 307 g/mol. The predicted octanol–water partition coefficient (Wildman–Crippen LogP) is -1.90. The van der Waals surface area contributed by atoms with E-state index in [2.05, 4.69) is 0 Å². The normalized spacial score (nSPS) is 20.4. The number of rotatable bonds is 5. The van der Waals surface area contributed by atoms with E-state index in [1.165, 1.54) is 7.05 Å². The summed E-state index contributed by atoms with van der Waals surface area (Å²) in [6.07, 6.45) is 0.186. The van der Waals surface area contributed by atoms with E-state index >= 15 is 0 Å². The molecule has 9 nitrogen and oxygen atoms in total. The molecule has 1 fully saturated rings. The molecule has 3 N–H and O–H groups in total. The number of hydrogen-bond donors (Lipinski definition) is 2. The smallest absolute Gasteiger partial charge is 0.323 e. The standard InChI is InChI=1S/C10H17N3O6S/c1-12(4-8(11)14)10(17)13(5-9(15)16)7-2-3-20(18,19)6-7/h7H,2-6H2,1H3,(H2,11,14)(H,15,16). The highest BCUT2D eigenvalue weighted by molar-refractivity contribution is 7.91. The highest BCUT2D eigenvalue weighted by atomic mass is 32.2. The Hall–Kier alpha value is -1.84. The molecule has 1 aliphatic rings. The highest BCUT2D eigenvalue weighted by Crippen LogP contribution is 2.18. The van der Waals surface area contributed by atoms with Gasteiger partial charge in [-0.2, -0.15) is 0 Å². The molecule has 0 radical (unpaired) electrons. The number of sulfone groups is 1. The summed E-state index contributed by atoms with van der Waals surface area (Å²) in [6.45, 7) is -0.990. The van der Waals surface area contributed by atoms with E-state index in [1.54, 1.807) is 0 Å². The third-order valence-electron chi connectivity index (χ3n) is 2.92. The highest BCUT2D eigenvalue weighted by Gasteiger charge is 2.36. The van der Waals surface area contributed by atoms with Crippen LogP contribution >= 0.6 is 0 Å². The van der Waals surface area contributed by atoms with Crippen molar-refractivity contribution in [1.29, 1.82) is 0 Å². The number of nitrogens with two attached hydrogens (primary N) is 1. The Balaban J connectivity index is 2.86. The second-order valence-corrected chi connectivity index (χ2v) is 6.91. The Morgan fingerprint density at radius 3 is 2.30 bits per heavy atom. The van der Waals surface area contributed by atoms with Crippen LogP contribution in [0.25, 0.3) is 0 Å². The molecule has 114 valence electrons. The molecule has 0 aromatic heterocycles. The van der Waals surface area contributed by atoms with Crippen molar-refractivity contribution in [3.63, 3.8) is 0 Å². The van der Waals surface area contributed by atoms with Gasteiger partial charge in [0, 0.05) is 13.1 Å². The van der Waals surface area contributed by atoms with Crippen LogP contribution in [0.2, 0.25) is 0 Å². The van der Waals surface area contributed by atoms with Crippen molar-refractivity contribution in [1.82, 2.24) is 9.80 Å². The first-order chi connectivity index (χ1) is 9.12. The number of hydrogen-bond acceptors (Lipinski definition) is 5. The van der Waals surface area contributed by atoms with Gasteiger partial charge in [-0.3, -0.25) is 9.59 Å². The Kier molecular flexibility index (Phi) is 4.93. The van der Waals surface area contributed by atoms with E-state index in [1.807, 2.05) is 0 Å². The van der Waals surface area contributed by atoms with Crippen LogP contribution < -0.4 is 5.73 Å².